The molecule has 2 N–H and O–H groups in total. The average Bonchev–Trinajstić information content (AvgIpc) is 3.31. The van der Waals surface area contributed by atoms with Crippen LogP contribution in [0.15, 0.2) is 41.6 Å². The number of hydrogen-bond donors (Lipinski definition) is 2. The third-order valence-electron chi connectivity index (χ3n) is 6.99. The molecule has 12 heteroatoms. The summed E-state index contributed by atoms with van der Waals surface area (Å²) in [6, 6.07) is 9.35. The number of nitrogens with one attached hydrogen (secondary N) is 2. The molecular weight excluding hydrogens is 693 g/mol. The van der Waals surface area contributed by atoms with Crippen molar-refractivity contribution in [3.63, 3.8) is 0 Å². The molecule has 4 rings (SSSR count). The normalized spacial score (nSPS) is 22.7. The quantitative estimate of drug-likeness (QED) is 0.193. The number of oxime groups is 1. The van der Waals surface area contributed by atoms with Gasteiger partial charge in [0.15, 0.2) is 0 Å². The number of benzene rings is 2. The second-order valence-corrected chi connectivity index (χ2v) is 20.3. The molecule has 4 nitrogen and oxygen atoms in total. The van der Waals surface area contributed by atoms with E-state index in [2.05, 4.69) is 25.9 Å². The van der Waals surface area contributed by atoms with Gasteiger partial charge in [0, 0.05) is 0 Å². The van der Waals surface area contributed by atoms with Gasteiger partial charge in [-0.3, -0.25) is 0 Å². The Bertz CT molecular complexity index is 1220. The van der Waals surface area contributed by atoms with Crippen LogP contribution in [-0.4, -0.2) is 32.4 Å². The van der Waals surface area contributed by atoms with E-state index in [0.29, 0.717) is 21.7 Å². The molecule has 1 aliphatic carbocycles. The summed E-state index contributed by atoms with van der Waals surface area (Å²) in [5.74, 6) is 0. The monoisotopic (exact) mass is 720 g/mol. The molecule has 0 saturated heterocycles. The van der Waals surface area contributed by atoms with Crippen LogP contribution < -0.4 is 27.6 Å². The van der Waals surface area contributed by atoms with E-state index in [9.17, 15) is 13.2 Å². The second-order valence-electron chi connectivity index (χ2n) is 9.59. The van der Waals surface area contributed by atoms with Crippen molar-refractivity contribution in [1.82, 2.24) is 8.85 Å². The summed E-state index contributed by atoms with van der Waals surface area (Å²) < 4.78 is 48.6. The summed E-state index contributed by atoms with van der Waals surface area (Å²) in [5, 5.41) is 8.68. The molecule has 2 aromatic carbocycles. The maximum atomic E-state index is 14.4. The van der Waals surface area contributed by atoms with Gasteiger partial charge >= 0.3 is 247 Å². The van der Waals surface area contributed by atoms with Crippen LogP contribution in [0.3, 0.4) is 0 Å². The molecule has 1 fully saturated rings. The standard InChI is InChI=1S/C26H29Cl3F3IN3OS/c1-3-33(2,35-24(38)34-20-7-5-4-6-8-20)22-11-16(9-10-21(22)29)23-15-25(37-36-23,26(30,31)32)17-12-18(27)14-19(28)13-17/h9-14,20H,3-8,15H2,1-2H3,(H2,34,35,38)/q-1. The van der Waals surface area contributed by atoms with E-state index in [1.165, 1.54) is 37.5 Å². The SMILES string of the molecule is CC[I-](C)(NC(=S)NC1CCCCC1)c1cc(C2=NOC(c3cc(Cl)cc(Cl)c3)(C(F)(F)F)C2)ccc1Cl. The summed E-state index contributed by atoms with van der Waals surface area (Å²) in [7, 11) is 0. The van der Waals surface area contributed by atoms with Crippen molar-refractivity contribution < 1.29 is 36.7 Å². The van der Waals surface area contributed by atoms with Crippen LogP contribution in [0.25, 0.3) is 0 Å². The summed E-state index contributed by atoms with van der Waals surface area (Å²) in [6.45, 7) is 2.07. The number of nitrogens with zero attached hydrogens (tertiary/aromatic N) is 1. The van der Waals surface area contributed by atoms with Crippen LogP contribution in [-0.2, 0) is 10.4 Å². The first-order chi connectivity index (χ1) is 17.9. The molecule has 2 unspecified atom stereocenters. The summed E-state index contributed by atoms with van der Waals surface area (Å²) in [5.41, 5.74) is -2.22. The zero-order valence-electron chi connectivity index (χ0n) is 20.9. The fourth-order valence-corrected chi connectivity index (χ4v) is 12.8. The van der Waals surface area contributed by atoms with Gasteiger partial charge in [-0.15, -0.1) is 0 Å². The molecule has 0 radical (unpaired) electrons. The molecular formula is C26H29Cl3F3IN3OS-. The van der Waals surface area contributed by atoms with Crippen molar-refractivity contribution in [2.24, 2.45) is 5.16 Å². The first kappa shape index (κ1) is 30.0. The summed E-state index contributed by atoms with van der Waals surface area (Å²) >= 11 is 21.4. The number of halogens is 7. The predicted octanol–water partition coefficient (Wildman–Crippen LogP) is 4.92. The summed E-state index contributed by atoms with van der Waals surface area (Å²) in [6.07, 6.45) is 0.499. The Balaban J connectivity index is 1.61. The Morgan fingerprint density at radius 1 is 1.11 bits per heavy atom. The van der Waals surface area contributed by atoms with Crippen LogP contribution in [0.4, 0.5) is 13.2 Å². The van der Waals surface area contributed by atoms with E-state index in [-0.39, 0.29) is 21.3 Å². The van der Waals surface area contributed by atoms with Crippen molar-refractivity contribution in [2.75, 3.05) is 9.36 Å². The van der Waals surface area contributed by atoms with E-state index in [0.717, 1.165) is 20.8 Å². The van der Waals surface area contributed by atoms with Crippen molar-refractivity contribution in [3.05, 3.63) is 66.2 Å². The topological polar surface area (TPSA) is 45.7 Å². The minimum atomic E-state index is -4.77. The van der Waals surface area contributed by atoms with Crippen molar-refractivity contribution >= 4 is 57.8 Å². The molecule has 1 heterocycles. The third kappa shape index (κ3) is 6.32. The van der Waals surface area contributed by atoms with Gasteiger partial charge in [-0.05, 0) is 0 Å². The first-order valence-electron chi connectivity index (χ1n) is 12.2. The molecule has 0 aromatic heterocycles. The molecule has 38 heavy (non-hydrogen) atoms. The number of rotatable bonds is 6. The zero-order valence-corrected chi connectivity index (χ0v) is 26.1. The molecule has 1 saturated carbocycles. The van der Waals surface area contributed by atoms with Crippen LogP contribution in [0, 0.1) is 3.57 Å². The number of hydrogen-bond acceptors (Lipinski definition) is 3. The van der Waals surface area contributed by atoms with Crippen LogP contribution >= 0.6 is 47.0 Å². The Labute approximate surface area is 245 Å². The number of thiocarbonyl (C=S) groups is 1. The van der Waals surface area contributed by atoms with Crippen LogP contribution in [0.2, 0.25) is 15.1 Å². The summed E-state index contributed by atoms with van der Waals surface area (Å²) in [4.78, 5) is 7.33. The molecule has 1 aliphatic heterocycles. The van der Waals surface area contributed by atoms with Crippen molar-refractivity contribution in [1.29, 1.82) is 0 Å². The number of alkyl halides is 5. The maximum absolute atomic E-state index is 14.4. The Hall–Kier alpha value is -1.01. The van der Waals surface area contributed by atoms with Gasteiger partial charge in [0.25, 0.3) is 0 Å². The average molecular weight is 722 g/mol. The molecule has 0 amide bonds. The Morgan fingerprint density at radius 2 is 1.76 bits per heavy atom. The van der Waals surface area contributed by atoms with Crippen LogP contribution in [0.1, 0.15) is 56.6 Å². The molecule has 210 valence electrons. The van der Waals surface area contributed by atoms with Gasteiger partial charge in [0.1, 0.15) is 0 Å². The molecule has 2 atom stereocenters. The molecule has 2 aliphatic rings. The van der Waals surface area contributed by atoms with Gasteiger partial charge in [-0.1, -0.05) is 0 Å². The molecule has 0 bridgehead atoms. The predicted molar refractivity (Wildman–Crippen MR) is 149 cm³/mol. The zero-order chi connectivity index (χ0) is 27.7. The van der Waals surface area contributed by atoms with E-state index >= 15 is 0 Å². The molecule has 0 spiro atoms. The van der Waals surface area contributed by atoms with Gasteiger partial charge < -0.3 is 0 Å². The van der Waals surface area contributed by atoms with Gasteiger partial charge in [0.05, 0.1) is 0 Å². The van der Waals surface area contributed by atoms with E-state index < -0.39 is 36.9 Å². The first-order valence-corrected chi connectivity index (χ1v) is 19.6. The second kappa shape index (κ2) is 11.8. The molecule has 2 aromatic rings. The van der Waals surface area contributed by atoms with E-state index in [1.807, 2.05) is 6.07 Å². The van der Waals surface area contributed by atoms with E-state index in [1.54, 1.807) is 12.1 Å². The minimum absolute atomic E-state index is 0.0809. The van der Waals surface area contributed by atoms with Gasteiger partial charge in [-0.2, -0.15) is 0 Å². The van der Waals surface area contributed by atoms with Crippen LogP contribution in [0.5, 0.6) is 0 Å². The van der Waals surface area contributed by atoms with Crippen molar-refractivity contribution in [2.45, 2.75) is 63.3 Å². The van der Waals surface area contributed by atoms with E-state index in [4.69, 9.17) is 51.9 Å². The van der Waals surface area contributed by atoms with Gasteiger partial charge in [-0.25, -0.2) is 0 Å². The fraction of sp³-hybridized carbons (Fsp3) is 0.462. The van der Waals surface area contributed by atoms with Gasteiger partial charge in [0.2, 0.25) is 0 Å². The third-order valence-corrected chi connectivity index (χ3v) is 16.9. The Kier molecular flexibility index (Phi) is 9.34. The Morgan fingerprint density at radius 3 is 2.37 bits per heavy atom. The fourth-order valence-electron chi connectivity index (χ4n) is 4.75. The van der Waals surface area contributed by atoms with Crippen molar-refractivity contribution in [3.8, 4) is 0 Å².